The van der Waals surface area contributed by atoms with Crippen molar-refractivity contribution in [3.05, 3.63) is 24.3 Å². The Morgan fingerprint density at radius 1 is 1.45 bits per heavy atom. The fraction of sp³-hybridized carbons (Fsp3) is 0.429. The van der Waals surface area contributed by atoms with Gasteiger partial charge in [0, 0.05) is 38.8 Å². The average Bonchev–Trinajstić information content (AvgIpc) is 2.79. The van der Waals surface area contributed by atoms with E-state index in [0.717, 1.165) is 5.69 Å². The highest BCUT2D eigenvalue weighted by molar-refractivity contribution is 5.97. The van der Waals surface area contributed by atoms with Gasteiger partial charge in [0.1, 0.15) is 5.75 Å². The van der Waals surface area contributed by atoms with E-state index in [1.165, 1.54) is 4.90 Å². The van der Waals surface area contributed by atoms with Gasteiger partial charge in [0.2, 0.25) is 5.91 Å². The Hall–Kier alpha value is -2.24. The van der Waals surface area contributed by atoms with Gasteiger partial charge in [0.15, 0.2) is 0 Å². The minimum Gasteiger partial charge on any atom is -0.497 e. The molecule has 0 radical (unpaired) electrons. The number of ether oxygens (including phenoxy) is 1. The first-order chi connectivity index (χ1) is 9.51. The van der Waals surface area contributed by atoms with Crippen molar-refractivity contribution in [2.24, 2.45) is 0 Å². The Bertz CT molecular complexity index is 516. The van der Waals surface area contributed by atoms with Crippen LogP contribution in [-0.2, 0) is 4.79 Å². The van der Waals surface area contributed by atoms with Crippen LogP contribution in [0, 0.1) is 0 Å². The first kappa shape index (κ1) is 14.2. The first-order valence-electron chi connectivity index (χ1n) is 6.43. The predicted molar refractivity (Wildman–Crippen MR) is 76.0 cm³/mol. The number of urea groups is 1. The van der Waals surface area contributed by atoms with E-state index in [9.17, 15) is 9.59 Å². The summed E-state index contributed by atoms with van der Waals surface area (Å²) >= 11 is 0. The molecule has 2 rings (SSSR count). The van der Waals surface area contributed by atoms with Crippen LogP contribution in [0.1, 0.15) is 6.42 Å². The van der Waals surface area contributed by atoms with E-state index in [1.807, 2.05) is 24.3 Å². The van der Waals surface area contributed by atoms with Crippen LogP contribution >= 0.6 is 0 Å². The number of nitrogens with zero attached hydrogens (tertiary/aromatic N) is 2. The molecule has 1 N–H and O–H groups in total. The molecule has 1 fully saturated rings. The number of amides is 3. The molecule has 0 saturated carbocycles. The Balaban J connectivity index is 2.07. The molecule has 6 nitrogen and oxygen atoms in total. The maximum absolute atomic E-state index is 12.1. The number of benzene rings is 1. The number of rotatable bonds is 3. The largest absolute Gasteiger partial charge is 0.497 e. The third-order valence-electron chi connectivity index (χ3n) is 3.22. The van der Waals surface area contributed by atoms with Crippen molar-refractivity contribution in [2.45, 2.75) is 12.5 Å². The molecule has 0 spiro atoms. The van der Waals surface area contributed by atoms with Crippen molar-refractivity contribution in [2.75, 3.05) is 32.6 Å². The van der Waals surface area contributed by atoms with Gasteiger partial charge in [-0.15, -0.1) is 0 Å². The molecule has 20 heavy (non-hydrogen) atoms. The third kappa shape index (κ3) is 3.01. The van der Waals surface area contributed by atoms with E-state index in [1.54, 1.807) is 26.1 Å². The highest BCUT2D eigenvalue weighted by Crippen LogP contribution is 2.25. The van der Waals surface area contributed by atoms with Crippen LogP contribution in [0.25, 0.3) is 0 Å². The Morgan fingerprint density at radius 2 is 2.20 bits per heavy atom. The molecule has 1 saturated heterocycles. The van der Waals surface area contributed by atoms with Crippen LogP contribution in [0.5, 0.6) is 5.75 Å². The molecule has 108 valence electrons. The zero-order valence-electron chi connectivity index (χ0n) is 11.9. The van der Waals surface area contributed by atoms with Gasteiger partial charge in [-0.25, -0.2) is 4.79 Å². The highest BCUT2D eigenvalue weighted by Gasteiger charge is 2.31. The quantitative estimate of drug-likeness (QED) is 0.899. The fourth-order valence-corrected chi connectivity index (χ4v) is 2.14. The highest BCUT2D eigenvalue weighted by atomic mass is 16.5. The van der Waals surface area contributed by atoms with Gasteiger partial charge < -0.3 is 19.9 Å². The molecular weight excluding hydrogens is 258 g/mol. The molecule has 0 bridgehead atoms. The average molecular weight is 277 g/mol. The van der Waals surface area contributed by atoms with Crippen LogP contribution in [0.2, 0.25) is 0 Å². The van der Waals surface area contributed by atoms with Crippen molar-refractivity contribution in [1.82, 2.24) is 10.2 Å². The Labute approximate surface area is 118 Å². The number of hydrogen-bond acceptors (Lipinski definition) is 3. The van der Waals surface area contributed by atoms with Crippen molar-refractivity contribution in [3.63, 3.8) is 0 Å². The summed E-state index contributed by atoms with van der Waals surface area (Å²) in [7, 11) is 4.93. The standard InChI is InChI=1S/C14H19N3O3/c1-16(2)14(19)15-10-7-13(18)17(9-10)11-5-4-6-12(8-11)20-3/h4-6,8,10H,7,9H2,1-3H3,(H,15,19)/t10-/m1/s1. The fourth-order valence-electron chi connectivity index (χ4n) is 2.14. The van der Waals surface area contributed by atoms with Crippen molar-refractivity contribution in [1.29, 1.82) is 0 Å². The molecule has 3 amide bonds. The van der Waals surface area contributed by atoms with Crippen molar-refractivity contribution >= 4 is 17.6 Å². The van der Waals surface area contributed by atoms with E-state index in [4.69, 9.17) is 4.74 Å². The van der Waals surface area contributed by atoms with Crippen LogP contribution in [0.15, 0.2) is 24.3 Å². The maximum atomic E-state index is 12.1. The summed E-state index contributed by atoms with van der Waals surface area (Å²) in [5.41, 5.74) is 0.788. The van der Waals surface area contributed by atoms with Crippen LogP contribution in [-0.4, -0.2) is 50.6 Å². The number of methoxy groups -OCH3 is 1. The lowest BCUT2D eigenvalue weighted by molar-refractivity contribution is -0.117. The zero-order valence-corrected chi connectivity index (χ0v) is 11.9. The van der Waals surface area contributed by atoms with Gasteiger partial charge >= 0.3 is 6.03 Å². The van der Waals surface area contributed by atoms with Crippen molar-refractivity contribution < 1.29 is 14.3 Å². The molecule has 1 aromatic carbocycles. The molecule has 1 heterocycles. The zero-order chi connectivity index (χ0) is 14.7. The number of carbonyl (C=O) groups excluding carboxylic acids is 2. The van der Waals surface area contributed by atoms with Gasteiger partial charge in [-0.1, -0.05) is 6.07 Å². The summed E-state index contributed by atoms with van der Waals surface area (Å²) in [4.78, 5) is 26.8. The normalized spacial score (nSPS) is 18.1. The van der Waals surface area contributed by atoms with E-state index >= 15 is 0 Å². The van der Waals surface area contributed by atoms with E-state index < -0.39 is 0 Å². The van der Waals surface area contributed by atoms with E-state index in [2.05, 4.69) is 5.32 Å². The monoisotopic (exact) mass is 277 g/mol. The lowest BCUT2D eigenvalue weighted by Crippen LogP contribution is -2.42. The summed E-state index contributed by atoms with van der Waals surface area (Å²) in [5.74, 6) is 0.707. The lowest BCUT2D eigenvalue weighted by atomic mass is 10.2. The SMILES string of the molecule is COc1cccc(N2C[C@H](NC(=O)N(C)C)CC2=O)c1. The lowest BCUT2D eigenvalue weighted by Gasteiger charge is -2.19. The second-order valence-electron chi connectivity index (χ2n) is 4.95. The second kappa shape index (κ2) is 5.81. The first-order valence-corrected chi connectivity index (χ1v) is 6.43. The number of carbonyl (C=O) groups is 2. The Morgan fingerprint density at radius 3 is 2.85 bits per heavy atom. The summed E-state index contributed by atoms with van der Waals surface area (Å²) in [6.07, 6.45) is 0.316. The van der Waals surface area contributed by atoms with E-state index in [0.29, 0.717) is 18.7 Å². The van der Waals surface area contributed by atoms with Crippen LogP contribution in [0.4, 0.5) is 10.5 Å². The molecule has 1 aromatic rings. The molecule has 1 aliphatic rings. The van der Waals surface area contributed by atoms with Gasteiger partial charge in [-0.2, -0.15) is 0 Å². The number of hydrogen-bond donors (Lipinski definition) is 1. The van der Waals surface area contributed by atoms with Gasteiger partial charge in [-0.3, -0.25) is 4.79 Å². The van der Waals surface area contributed by atoms with Crippen LogP contribution < -0.4 is 15.0 Å². The molecule has 0 unspecified atom stereocenters. The Kier molecular flexibility index (Phi) is 4.12. The van der Waals surface area contributed by atoms with Crippen LogP contribution in [0.3, 0.4) is 0 Å². The summed E-state index contributed by atoms with van der Waals surface area (Å²) in [6, 6.07) is 6.99. The summed E-state index contributed by atoms with van der Waals surface area (Å²) in [6.45, 7) is 0.478. The van der Waals surface area contributed by atoms with E-state index in [-0.39, 0.29) is 18.0 Å². The van der Waals surface area contributed by atoms with Gasteiger partial charge in [0.25, 0.3) is 0 Å². The molecule has 6 heteroatoms. The molecule has 1 atom stereocenters. The van der Waals surface area contributed by atoms with Gasteiger partial charge in [0.05, 0.1) is 13.2 Å². The number of anilines is 1. The topological polar surface area (TPSA) is 61.9 Å². The maximum Gasteiger partial charge on any atom is 0.317 e. The minimum atomic E-state index is -0.185. The predicted octanol–water partition coefficient (Wildman–Crippen LogP) is 1.07. The third-order valence-corrected chi connectivity index (χ3v) is 3.22. The van der Waals surface area contributed by atoms with Gasteiger partial charge in [-0.05, 0) is 12.1 Å². The van der Waals surface area contributed by atoms with Crippen molar-refractivity contribution in [3.8, 4) is 5.75 Å². The molecule has 1 aliphatic heterocycles. The molecule has 0 aliphatic carbocycles. The minimum absolute atomic E-state index is 0.00214. The summed E-state index contributed by atoms with van der Waals surface area (Å²) < 4.78 is 5.16. The summed E-state index contributed by atoms with van der Waals surface area (Å²) in [5, 5.41) is 2.83. The number of nitrogens with one attached hydrogen (secondary N) is 1. The second-order valence-corrected chi connectivity index (χ2v) is 4.95. The molecular formula is C14H19N3O3. The molecule has 0 aromatic heterocycles. The smallest absolute Gasteiger partial charge is 0.317 e.